The molecule has 1 atom stereocenters. The number of halogens is 2. The molecular formula is C28H33ClFN5O3. The number of fused-ring (bicyclic) bond motifs is 1. The number of piperidine rings is 1. The number of ether oxygens (including phenoxy) is 2. The van der Waals surface area contributed by atoms with Crippen LogP contribution < -0.4 is 20.1 Å². The maximum atomic E-state index is 14.5. The van der Waals surface area contributed by atoms with Crippen molar-refractivity contribution in [2.24, 2.45) is 0 Å². The quantitative estimate of drug-likeness (QED) is 0.410. The summed E-state index contributed by atoms with van der Waals surface area (Å²) >= 11 is 5.96. The Balaban J connectivity index is 1.33. The second kappa shape index (κ2) is 11.7. The number of hydrogen-bond donors (Lipinski definition) is 2. The van der Waals surface area contributed by atoms with Crippen LogP contribution in [0.5, 0.6) is 11.5 Å². The van der Waals surface area contributed by atoms with Gasteiger partial charge in [-0.2, -0.15) is 0 Å². The summed E-state index contributed by atoms with van der Waals surface area (Å²) in [6, 6.07) is 8.77. The molecule has 38 heavy (non-hydrogen) atoms. The number of likely N-dealkylation sites (N-methyl/N-ethyl adjacent to an activating group) is 1. The smallest absolute Gasteiger partial charge is 0.237 e. The van der Waals surface area contributed by atoms with Crippen molar-refractivity contribution in [1.29, 1.82) is 0 Å². The summed E-state index contributed by atoms with van der Waals surface area (Å²) in [6.07, 6.45) is 8.29. The van der Waals surface area contributed by atoms with E-state index in [1.165, 1.54) is 12.4 Å². The van der Waals surface area contributed by atoms with E-state index in [0.29, 0.717) is 34.3 Å². The van der Waals surface area contributed by atoms with Gasteiger partial charge in [0.2, 0.25) is 5.91 Å². The molecule has 0 bridgehead atoms. The molecule has 8 nitrogen and oxygen atoms in total. The minimum atomic E-state index is -0.546. The molecule has 2 fully saturated rings. The van der Waals surface area contributed by atoms with Crippen LogP contribution in [0.3, 0.4) is 0 Å². The van der Waals surface area contributed by atoms with Crippen molar-refractivity contribution >= 4 is 39.9 Å². The molecule has 1 aliphatic heterocycles. The van der Waals surface area contributed by atoms with Crippen LogP contribution in [-0.2, 0) is 4.79 Å². The molecule has 1 amide bonds. The summed E-state index contributed by atoms with van der Waals surface area (Å²) in [5.41, 5.74) is 0.866. The van der Waals surface area contributed by atoms with Crippen molar-refractivity contribution in [3.05, 3.63) is 47.5 Å². The fourth-order valence-electron chi connectivity index (χ4n) is 5.66. The van der Waals surface area contributed by atoms with Crippen molar-refractivity contribution in [1.82, 2.24) is 20.2 Å². The molecule has 1 saturated heterocycles. The number of anilines is 2. The number of hydrogen-bond acceptors (Lipinski definition) is 7. The molecule has 3 aromatic rings. The highest BCUT2D eigenvalue weighted by atomic mass is 35.5. The first-order valence-corrected chi connectivity index (χ1v) is 13.5. The zero-order valence-electron chi connectivity index (χ0n) is 21.7. The van der Waals surface area contributed by atoms with Gasteiger partial charge in [-0.3, -0.25) is 9.69 Å². The lowest BCUT2D eigenvalue weighted by Crippen LogP contribution is -2.54. The Bertz CT molecular complexity index is 1300. The third kappa shape index (κ3) is 5.49. The highest BCUT2D eigenvalue weighted by molar-refractivity contribution is 6.31. The van der Waals surface area contributed by atoms with Gasteiger partial charge in [-0.15, -0.1) is 0 Å². The monoisotopic (exact) mass is 541 g/mol. The topological polar surface area (TPSA) is 88.6 Å². The molecule has 5 rings (SSSR count). The van der Waals surface area contributed by atoms with Crippen LogP contribution in [0.15, 0.2) is 36.7 Å². The van der Waals surface area contributed by atoms with Crippen LogP contribution in [0.1, 0.15) is 44.9 Å². The van der Waals surface area contributed by atoms with Gasteiger partial charge in [-0.25, -0.2) is 14.4 Å². The van der Waals surface area contributed by atoms with Gasteiger partial charge in [0.1, 0.15) is 12.1 Å². The lowest BCUT2D eigenvalue weighted by atomic mass is 9.88. The van der Waals surface area contributed by atoms with E-state index in [1.54, 1.807) is 32.4 Å². The Morgan fingerprint density at radius 2 is 1.92 bits per heavy atom. The van der Waals surface area contributed by atoms with Gasteiger partial charge in [-0.1, -0.05) is 24.1 Å². The number of aromatic nitrogens is 2. The van der Waals surface area contributed by atoms with Crippen molar-refractivity contribution in [3.8, 4) is 11.5 Å². The molecule has 2 aromatic carbocycles. The Hall–Kier alpha value is -3.17. The summed E-state index contributed by atoms with van der Waals surface area (Å²) < 4.78 is 26.6. The minimum Gasteiger partial charge on any atom is -0.493 e. The van der Waals surface area contributed by atoms with Crippen LogP contribution in [0.4, 0.5) is 15.9 Å². The van der Waals surface area contributed by atoms with E-state index < -0.39 is 5.82 Å². The molecule has 202 valence electrons. The molecule has 10 heteroatoms. The first-order chi connectivity index (χ1) is 18.5. The Morgan fingerprint density at radius 1 is 1.11 bits per heavy atom. The van der Waals surface area contributed by atoms with Crippen molar-refractivity contribution in [2.45, 2.75) is 63.1 Å². The van der Waals surface area contributed by atoms with Crippen LogP contribution in [-0.4, -0.2) is 59.7 Å². The first-order valence-electron chi connectivity index (χ1n) is 13.2. The average Bonchev–Trinajstić information content (AvgIpc) is 2.95. The number of methoxy groups -OCH3 is 1. The molecule has 1 aromatic heterocycles. The van der Waals surface area contributed by atoms with Crippen LogP contribution in [0, 0.1) is 5.82 Å². The average molecular weight is 542 g/mol. The van der Waals surface area contributed by atoms with Gasteiger partial charge in [0.15, 0.2) is 17.3 Å². The SMILES string of the molecule is CNC(=O)C1CCCCN1C1CCC(Oc2cc3c(Nc4cccc(Cl)c4F)ncnc3cc2OC)CC1. The molecule has 2 heterocycles. The van der Waals surface area contributed by atoms with E-state index >= 15 is 0 Å². The van der Waals surface area contributed by atoms with Crippen molar-refractivity contribution < 1.29 is 18.7 Å². The van der Waals surface area contributed by atoms with E-state index in [4.69, 9.17) is 21.1 Å². The van der Waals surface area contributed by atoms with Crippen molar-refractivity contribution in [2.75, 3.05) is 26.0 Å². The van der Waals surface area contributed by atoms with E-state index in [-0.39, 0.29) is 28.8 Å². The van der Waals surface area contributed by atoms with Crippen LogP contribution in [0.2, 0.25) is 5.02 Å². The number of nitrogens with zero attached hydrogens (tertiary/aromatic N) is 3. The number of likely N-dealkylation sites (tertiary alicyclic amines) is 1. The molecule has 2 aliphatic rings. The maximum Gasteiger partial charge on any atom is 0.237 e. The first kappa shape index (κ1) is 26.4. The van der Waals surface area contributed by atoms with Gasteiger partial charge < -0.3 is 20.1 Å². The zero-order chi connectivity index (χ0) is 26.6. The normalized spacial score (nSPS) is 22.2. The van der Waals surface area contributed by atoms with E-state index in [1.807, 2.05) is 6.07 Å². The molecule has 0 radical (unpaired) electrons. The molecule has 1 aliphatic carbocycles. The summed E-state index contributed by atoms with van der Waals surface area (Å²) in [5, 5.41) is 6.58. The predicted octanol–water partition coefficient (Wildman–Crippen LogP) is 5.47. The van der Waals surface area contributed by atoms with Gasteiger partial charge in [0.05, 0.1) is 35.5 Å². The third-order valence-electron chi connectivity index (χ3n) is 7.63. The number of carbonyl (C=O) groups is 1. The predicted molar refractivity (Wildman–Crippen MR) is 146 cm³/mol. The van der Waals surface area contributed by atoms with Gasteiger partial charge in [0.25, 0.3) is 0 Å². The van der Waals surface area contributed by atoms with Gasteiger partial charge in [-0.05, 0) is 63.3 Å². The summed E-state index contributed by atoms with van der Waals surface area (Å²) in [5.74, 6) is 1.18. The molecule has 2 N–H and O–H groups in total. The van der Waals surface area contributed by atoms with E-state index in [9.17, 15) is 9.18 Å². The number of rotatable bonds is 7. The van der Waals surface area contributed by atoms with Gasteiger partial charge >= 0.3 is 0 Å². The lowest BCUT2D eigenvalue weighted by Gasteiger charge is -2.43. The number of benzene rings is 2. The summed E-state index contributed by atoms with van der Waals surface area (Å²) in [6.45, 7) is 0.968. The number of amides is 1. The summed E-state index contributed by atoms with van der Waals surface area (Å²) in [4.78, 5) is 23.6. The second-order valence-corrected chi connectivity index (χ2v) is 10.3. The fourth-order valence-corrected chi connectivity index (χ4v) is 5.83. The highest BCUT2D eigenvalue weighted by Crippen LogP contribution is 2.38. The van der Waals surface area contributed by atoms with Crippen LogP contribution >= 0.6 is 11.6 Å². The highest BCUT2D eigenvalue weighted by Gasteiger charge is 2.35. The maximum absolute atomic E-state index is 14.5. The summed E-state index contributed by atoms with van der Waals surface area (Å²) in [7, 11) is 3.32. The standard InChI is InChI=1S/C28H33ClFN5O3/c1-31-28(36)23-8-3-4-13-35(23)17-9-11-18(12-10-17)38-25-14-19-22(15-24(25)37-2)32-16-33-27(19)34-21-7-5-6-20(29)26(21)30/h5-7,14-18,23H,3-4,8-13H2,1-2H3,(H,31,36)(H,32,33,34). The number of nitrogens with one attached hydrogen (secondary N) is 2. The lowest BCUT2D eigenvalue weighted by molar-refractivity contribution is -0.128. The Kier molecular flexibility index (Phi) is 8.14. The van der Waals surface area contributed by atoms with E-state index in [0.717, 1.165) is 51.5 Å². The molecule has 1 unspecified atom stereocenters. The zero-order valence-corrected chi connectivity index (χ0v) is 22.4. The van der Waals surface area contributed by atoms with E-state index in [2.05, 4.69) is 25.5 Å². The van der Waals surface area contributed by atoms with Crippen molar-refractivity contribution in [3.63, 3.8) is 0 Å². The molecular weight excluding hydrogens is 509 g/mol. The Morgan fingerprint density at radius 3 is 2.68 bits per heavy atom. The second-order valence-electron chi connectivity index (χ2n) is 9.88. The fraction of sp³-hybridized carbons (Fsp3) is 0.464. The van der Waals surface area contributed by atoms with Crippen LogP contribution in [0.25, 0.3) is 10.9 Å². The minimum absolute atomic E-state index is 0.0206. The third-order valence-corrected chi connectivity index (χ3v) is 7.92. The molecule has 0 spiro atoms. The molecule has 1 saturated carbocycles. The van der Waals surface area contributed by atoms with Gasteiger partial charge in [0, 0.05) is 24.5 Å². The Labute approximate surface area is 226 Å². The largest absolute Gasteiger partial charge is 0.493 e. The number of carbonyl (C=O) groups excluding carboxylic acids is 1.